The summed E-state index contributed by atoms with van der Waals surface area (Å²) < 4.78 is 1.67. The fraction of sp³-hybridized carbons (Fsp3) is 0.261. The molecule has 0 spiro atoms. The zero-order chi connectivity index (χ0) is 23.4. The minimum atomic E-state index is -0.286. The highest BCUT2D eigenvalue weighted by Crippen LogP contribution is 2.41. The van der Waals surface area contributed by atoms with Crippen molar-refractivity contribution in [1.82, 2.24) is 19.9 Å². The molecule has 0 amide bonds. The highest BCUT2D eigenvalue weighted by atomic mass is 35.5. The molecule has 1 aliphatic rings. The molecule has 168 valence electrons. The van der Waals surface area contributed by atoms with Gasteiger partial charge in [0.15, 0.2) is 5.65 Å². The molecule has 1 fully saturated rings. The summed E-state index contributed by atoms with van der Waals surface area (Å²) in [7, 11) is 0. The Kier molecular flexibility index (Phi) is 6.29. The summed E-state index contributed by atoms with van der Waals surface area (Å²) in [5, 5.41) is 28.0. The smallest absolute Gasteiger partial charge is 0.247 e. The third kappa shape index (κ3) is 4.66. The zero-order valence-corrected chi connectivity index (χ0v) is 18.8. The van der Waals surface area contributed by atoms with Crippen LogP contribution in [0.4, 0.5) is 11.6 Å². The van der Waals surface area contributed by atoms with Gasteiger partial charge < -0.3 is 20.9 Å². The van der Waals surface area contributed by atoms with Crippen molar-refractivity contribution in [3.05, 3.63) is 65.1 Å². The lowest BCUT2D eigenvalue weighted by Gasteiger charge is -2.50. The summed E-state index contributed by atoms with van der Waals surface area (Å²) in [5.74, 6) is 0.325. The Morgan fingerprint density at radius 1 is 1.36 bits per heavy atom. The lowest BCUT2D eigenvalue weighted by Crippen LogP contribution is -2.59. The van der Waals surface area contributed by atoms with E-state index >= 15 is 0 Å². The normalized spacial score (nSPS) is 14.9. The van der Waals surface area contributed by atoms with Gasteiger partial charge in [0.05, 0.1) is 24.0 Å². The maximum absolute atomic E-state index is 11.1. The maximum Gasteiger partial charge on any atom is 0.247 e. The maximum atomic E-state index is 11.1. The molecular weight excluding hydrogens is 440 g/mol. The lowest BCUT2D eigenvalue weighted by atomic mass is 9.71. The van der Waals surface area contributed by atoms with Crippen molar-refractivity contribution < 1.29 is 4.79 Å². The standard InChI is InChI=1S/C23H23ClN8O/c1-16(33)12-27-13-19(11-26)28-22-29-21-20(6-3-9-32(21)30-22)31-14-23(15-31,7-8-25)17-4-2-5-18(24)10-17/h2-6,9-11,13,26-27H,7,12,14-15H2,1H3,(H,28,30)/b19-13+,26-11?. The largest absolute Gasteiger partial charge is 0.382 e. The van der Waals surface area contributed by atoms with Crippen molar-refractivity contribution in [2.24, 2.45) is 0 Å². The number of benzene rings is 1. The number of ketones is 1. The Morgan fingerprint density at radius 2 is 2.18 bits per heavy atom. The number of pyridine rings is 1. The van der Waals surface area contributed by atoms with Gasteiger partial charge in [-0.15, -0.1) is 5.10 Å². The fourth-order valence-corrected chi connectivity index (χ4v) is 4.15. The second-order valence-electron chi connectivity index (χ2n) is 8.03. The molecule has 1 aromatic carbocycles. The Labute approximate surface area is 196 Å². The van der Waals surface area contributed by atoms with Crippen LogP contribution < -0.4 is 15.5 Å². The molecule has 1 aliphatic heterocycles. The fourth-order valence-electron chi connectivity index (χ4n) is 3.96. The molecule has 1 saturated heterocycles. The van der Waals surface area contributed by atoms with Gasteiger partial charge in [-0.05, 0) is 36.8 Å². The lowest BCUT2D eigenvalue weighted by molar-refractivity contribution is -0.116. The average Bonchev–Trinajstić information content (AvgIpc) is 3.18. The van der Waals surface area contributed by atoms with Gasteiger partial charge in [0.25, 0.3) is 0 Å². The van der Waals surface area contributed by atoms with Crippen LogP contribution in [0.1, 0.15) is 18.9 Å². The molecule has 0 radical (unpaired) electrons. The molecule has 4 rings (SSSR count). The van der Waals surface area contributed by atoms with Crippen molar-refractivity contribution >= 4 is 40.9 Å². The van der Waals surface area contributed by atoms with Gasteiger partial charge >= 0.3 is 0 Å². The van der Waals surface area contributed by atoms with E-state index < -0.39 is 0 Å². The first-order valence-corrected chi connectivity index (χ1v) is 10.8. The van der Waals surface area contributed by atoms with Gasteiger partial charge in [0.1, 0.15) is 5.78 Å². The number of hydrogen-bond donors (Lipinski definition) is 3. The molecular formula is C23H23ClN8O. The molecule has 2 aromatic heterocycles. The minimum Gasteiger partial charge on any atom is -0.382 e. The molecule has 9 nitrogen and oxygen atoms in total. The zero-order valence-electron chi connectivity index (χ0n) is 18.0. The van der Waals surface area contributed by atoms with Crippen molar-refractivity contribution in [3.63, 3.8) is 0 Å². The second kappa shape index (κ2) is 9.30. The molecule has 0 bridgehead atoms. The summed E-state index contributed by atoms with van der Waals surface area (Å²) in [6.45, 7) is 2.98. The number of halogens is 1. The van der Waals surface area contributed by atoms with Crippen molar-refractivity contribution in [2.45, 2.75) is 18.8 Å². The quantitative estimate of drug-likeness (QED) is 0.417. The summed E-state index contributed by atoms with van der Waals surface area (Å²) in [4.78, 5) is 17.9. The molecule has 0 saturated carbocycles. The van der Waals surface area contributed by atoms with E-state index in [9.17, 15) is 10.1 Å². The molecule has 0 unspecified atom stereocenters. The van der Waals surface area contributed by atoms with Gasteiger partial charge in [0.2, 0.25) is 5.95 Å². The highest BCUT2D eigenvalue weighted by Gasteiger charge is 2.45. The number of rotatable bonds is 9. The van der Waals surface area contributed by atoms with E-state index in [1.54, 1.807) is 10.7 Å². The van der Waals surface area contributed by atoms with E-state index in [0.29, 0.717) is 41.8 Å². The number of allylic oxidation sites excluding steroid dienone is 1. The Balaban J connectivity index is 1.56. The van der Waals surface area contributed by atoms with E-state index in [1.807, 2.05) is 36.4 Å². The first-order valence-electron chi connectivity index (χ1n) is 10.4. The summed E-state index contributed by atoms with van der Waals surface area (Å²) >= 11 is 6.20. The van der Waals surface area contributed by atoms with Gasteiger partial charge in [-0.2, -0.15) is 10.2 Å². The molecule has 33 heavy (non-hydrogen) atoms. The van der Waals surface area contributed by atoms with Gasteiger partial charge in [-0.3, -0.25) is 4.79 Å². The van der Waals surface area contributed by atoms with Crippen LogP contribution in [-0.2, 0) is 10.2 Å². The monoisotopic (exact) mass is 462 g/mol. The van der Waals surface area contributed by atoms with E-state index in [2.05, 4.69) is 31.7 Å². The number of aromatic nitrogens is 3. The van der Waals surface area contributed by atoms with Crippen molar-refractivity contribution in [2.75, 3.05) is 29.9 Å². The van der Waals surface area contributed by atoms with Crippen LogP contribution >= 0.6 is 11.6 Å². The number of anilines is 2. The van der Waals surface area contributed by atoms with Gasteiger partial charge in [-0.1, -0.05) is 23.7 Å². The predicted octanol–water partition coefficient (Wildman–Crippen LogP) is 3.14. The Hall–Kier alpha value is -3.90. The molecule has 0 atom stereocenters. The first-order chi connectivity index (χ1) is 15.9. The number of carbonyl (C=O) groups is 1. The third-order valence-electron chi connectivity index (χ3n) is 5.54. The third-order valence-corrected chi connectivity index (χ3v) is 5.78. The second-order valence-corrected chi connectivity index (χ2v) is 8.47. The molecule has 3 heterocycles. The number of fused-ring (bicyclic) bond motifs is 1. The summed E-state index contributed by atoms with van der Waals surface area (Å²) in [6, 6.07) is 13.9. The van der Waals surface area contributed by atoms with E-state index in [-0.39, 0.29) is 17.7 Å². The average molecular weight is 463 g/mol. The molecule has 3 N–H and O–H groups in total. The summed E-state index contributed by atoms with van der Waals surface area (Å²) in [6.07, 6.45) is 4.86. The van der Waals surface area contributed by atoms with Gasteiger partial charge in [-0.25, -0.2) is 4.52 Å². The highest BCUT2D eigenvalue weighted by molar-refractivity contribution is 6.30. The molecule has 3 aromatic rings. The van der Waals surface area contributed by atoms with Crippen molar-refractivity contribution in [1.29, 1.82) is 10.7 Å². The predicted molar refractivity (Wildman–Crippen MR) is 128 cm³/mol. The Morgan fingerprint density at radius 3 is 2.88 bits per heavy atom. The van der Waals surface area contributed by atoms with Gasteiger partial charge in [0, 0.05) is 48.6 Å². The number of Topliss-reactive ketones (excluding diaryl/α,β-unsaturated/α-hetero) is 1. The van der Waals surface area contributed by atoms with E-state index in [0.717, 1.165) is 17.5 Å². The molecule has 0 aliphatic carbocycles. The van der Waals surface area contributed by atoms with Crippen molar-refractivity contribution in [3.8, 4) is 6.07 Å². The Bertz CT molecular complexity index is 1270. The van der Waals surface area contributed by atoms with Crippen LogP contribution in [0.5, 0.6) is 0 Å². The van der Waals surface area contributed by atoms with E-state index in [1.165, 1.54) is 13.1 Å². The topological polar surface area (TPSA) is 122 Å². The summed E-state index contributed by atoms with van der Waals surface area (Å²) in [5.41, 5.74) is 2.77. The SMILES string of the molecule is CC(=O)CN/C=C(\C=N)Nc1nc2c(N3CC(CC#N)(c4cccc(Cl)c4)C3)cccn2n1. The van der Waals surface area contributed by atoms with Crippen LogP contribution in [0.2, 0.25) is 5.02 Å². The number of nitrogens with zero attached hydrogens (tertiary/aromatic N) is 5. The first kappa shape index (κ1) is 22.3. The number of hydrogen-bond acceptors (Lipinski definition) is 8. The van der Waals surface area contributed by atoms with Crippen LogP contribution in [0.15, 0.2) is 54.5 Å². The number of nitrogens with one attached hydrogen (secondary N) is 3. The van der Waals surface area contributed by atoms with E-state index in [4.69, 9.17) is 17.0 Å². The molecule has 10 heteroatoms. The van der Waals surface area contributed by atoms with Crippen LogP contribution in [0, 0.1) is 16.7 Å². The van der Waals surface area contributed by atoms with Crippen LogP contribution in [0.25, 0.3) is 5.65 Å². The van der Waals surface area contributed by atoms with Crippen LogP contribution in [0.3, 0.4) is 0 Å². The van der Waals surface area contributed by atoms with Crippen LogP contribution in [-0.4, -0.2) is 46.2 Å². The minimum absolute atomic E-state index is 0.00845. The number of carbonyl (C=O) groups excluding carboxylic acids is 1. The number of nitriles is 1.